The van der Waals surface area contributed by atoms with Gasteiger partial charge in [-0.3, -0.25) is 4.79 Å². The summed E-state index contributed by atoms with van der Waals surface area (Å²) >= 11 is 6.03. The molecule has 1 saturated heterocycles. The molecule has 0 saturated carbocycles. The van der Waals surface area contributed by atoms with Gasteiger partial charge >= 0.3 is 6.09 Å². The molecule has 0 aliphatic carbocycles. The third-order valence-electron chi connectivity index (χ3n) is 5.86. The van der Waals surface area contributed by atoms with E-state index in [-0.39, 0.29) is 18.2 Å². The summed E-state index contributed by atoms with van der Waals surface area (Å²) in [6.45, 7) is 5.19. The van der Waals surface area contributed by atoms with E-state index in [1.54, 1.807) is 58.5 Å². The van der Waals surface area contributed by atoms with Gasteiger partial charge in [-0.2, -0.15) is 0 Å². The van der Waals surface area contributed by atoms with Gasteiger partial charge in [0, 0.05) is 43.0 Å². The Bertz CT molecular complexity index is 1220. The lowest BCUT2D eigenvalue weighted by Crippen LogP contribution is -2.50. The first-order valence-electron chi connectivity index (χ1n) is 10.9. The van der Waals surface area contributed by atoms with Crippen molar-refractivity contribution < 1.29 is 23.1 Å². The lowest BCUT2D eigenvalue weighted by molar-refractivity contribution is 0.0570. The number of rotatable bonds is 4. The lowest BCUT2D eigenvalue weighted by Gasteiger charge is -2.34. The van der Waals surface area contributed by atoms with Gasteiger partial charge in [0.1, 0.15) is 11.6 Å². The molecule has 1 aliphatic heterocycles. The summed E-state index contributed by atoms with van der Waals surface area (Å²) in [5.41, 5.74) is 2.36. The number of piperazine rings is 1. The Balaban J connectivity index is 1.71. The Morgan fingerprint density at radius 2 is 1.62 bits per heavy atom. The summed E-state index contributed by atoms with van der Waals surface area (Å²) < 4.78 is 35.0. The number of amides is 2. The van der Waals surface area contributed by atoms with E-state index in [4.69, 9.17) is 16.3 Å². The fourth-order valence-electron chi connectivity index (χ4n) is 4.11. The van der Waals surface area contributed by atoms with Crippen molar-refractivity contribution in [2.75, 3.05) is 32.8 Å². The smallest absolute Gasteiger partial charge is 0.409 e. The third kappa shape index (κ3) is 4.63. The highest BCUT2D eigenvalue weighted by Crippen LogP contribution is 2.32. The first-order valence-corrected chi connectivity index (χ1v) is 11.3. The molecule has 0 bridgehead atoms. The Morgan fingerprint density at radius 1 is 0.971 bits per heavy atom. The van der Waals surface area contributed by atoms with E-state index in [9.17, 15) is 18.4 Å². The Hall–Kier alpha value is -3.39. The summed E-state index contributed by atoms with van der Waals surface area (Å²) in [6, 6.07) is 12.0. The van der Waals surface area contributed by atoms with Gasteiger partial charge in [0.05, 0.1) is 23.6 Å². The van der Waals surface area contributed by atoms with Crippen LogP contribution in [0.2, 0.25) is 5.02 Å². The maximum Gasteiger partial charge on any atom is 0.409 e. The van der Waals surface area contributed by atoms with Crippen LogP contribution in [0.4, 0.5) is 13.6 Å². The molecular formula is C25H24ClF2N3O3. The highest BCUT2D eigenvalue weighted by molar-refractivity contribution is 6.30. The quantitative estimate of drug-likeness (QED) is 0.502. The zero-order chi connectivity index (χ0) is 24.4. The van der Waals surface area contributed by atoms with Gasteiger partial charge in [-0.1, -0.05) is 23.7 Å². The summed E-state index contributed by atoms with van der Waals surface area (Å²) in [6.07, 6.45) is -0.395. The molecular weight excluding hydrogens is 464 g/mol. The van der Waals surface area contributed by atoms with Crippen molar-refractivity contribution in [3.8, 4) is 16.9 Å². The second-order valence-electron chi connectivity index (χ2n) is 7.94. The Labute approximate surface area is 201 Å². The van der Waals surface area contributed by atoms with Crippen LogP contribution in [0, 0.1) is 18.6 Å². The van der Waals surface area contributed by atoms with E-state index in [0.717, 1.165) is 11.6 Å². The third-order valence-corrected chi connectivity index (χ3v) is 6.11. The monoisotopic (exact) mass is 487 g/mol. The predicted octanol–water partition coefficient (Wildman–Crippen LogP) is 5.30. The lowest BCUT2D eigenvalue weighted by atomic mass is 10.1. The van der Waals surface area contributed by atoms with E-state index in [1.165, 1.54) is 12.1 Å². The summed E-state index contributed by atoms with van der Waals surface area (Å²) in [5.74, 6) is -1.65. The fourth-order valence-corrected chi connectivity index (χ4v) is 4.23. The van der Waals surface area contributed by atoms with E-state index < -0.39 is 17.7 Å². The molecule has 0 atom stereocenters. The molecule has 2 heterocycles. The van der Waals surface area contributed by atoms with Crippen molar-refractivity contribution in [2.24, 2.45) is 0 Å². The molecule has 1 aliphatic rings. The molecule has 3 aromatic rings. The van der Waals surface area contributed by atoms with Gasteiger partial charge in [0.25, 0.3) is 5.91 Å². The van der Waals surface area contributed by atoms with Crippen molar-refractivity contribution in [3.63, 3.8) is 0 Å². The highest BCUT2D eigenvalue weighted by Gasteiger charge is 2.29. The van der Waals surface area contributed by atoms with Gasteiger partial charge < -0.3 is 19.1 Å². The molecule has 1 fully saturated rings. The number of carbonyl (C=O) groups is 2. The molecule has 1 aromatic heterocycles. The Kier molecular flexibility index (Phi) is 6.88. The van der Waals surface area contributed by atoms with Gasteiger partial charge in [-0.05, 0) is 49.7 Å². The molecule has 2 aromatic carbocycles. The standard InChI is InChI=1S/C25H24ClF2N3O3/c1-3-34-25(33)30-12-10-29(11-13-30)24(32)20-15-23(17-4-6-18(26)7-5-17)31(16(20)2)22-9-8-19(27)14-21(22)28/h4-9,14-15H,3,10-13H2,1-2H3. The average molecular weight is 488 g/mol. The van der Waals surface area contributed by atoms with E-state index >= 15 is 0 Å². The number of hydrogen-bond donors (Lipinski definition) is 0. The minimum atomic E-state index is -0.740. The van der Waals surface area contributed by atoms with E-state index in [1.807, 2.05) is 0 Å². The minimum Gasteiger partial charge on any atom is -0.450 e. The fraction of sp³-hybridized carbons (Fsp3) is 0.280. The van der Waals surface area contributed by atoms with Crippen molar-refractivity contribution >= 4 is 23.6 Å². The predicted molar refractivity (Wildman–Crippen MR) is 125 cm³/mol. The van der Waals surface area contributed by atoms with Crippen LogP contribution in [0.25, 0.3) is 16.9 Å². The number of aromatic nitrogens is 1. The van der Waals surface area contributed by atoms with Crippen LogP contribution in [0.3, 0.4) is 0 Å². The molecule has 178 valence electrons. The maximum absolute atomic E-state index is 14.8. The first kappa shape index (κ1) is 23.8. The number of carbonyl (C=O) groups excluding carboxylic acids is 2. The molecule has 2 amide bonds. The molecule has 34 heavy (non-hydrogen) atoms. The van der Waals surface area contributed by atoms with Crippen LogP contribution < -0.4 is 0 Å². The van der Waals surface area contributed by atoms with Gasteiger partial charge in [-0.15, -0.1) is 0 Å². The summed E-state index contributed by atoms with van der Waals surface area (Å²) in [7, 11) is 0. The van der Waals surface area contributed by atoms with E-state index in [0.29, 0.717) is 48.2 Å². The molecule has 0 spiro atoms. The SMILES string of the molecule is CCOC(=O)N1CCN(C(=O)c2cc(-c3ccc(Cl)cc3)n(-c3ccc(F)cc3F)c2C)CC1. The van der Waals surface area contributed by atoms with Crippen LogP contribution in [-0.2, 0) is 4.74 Å². The highest BCUT2D eigenvalue weighted by atomic mass is 35.5. The minimum absolute atomic E-state index is 0.134. The zero-order valence-electron chi connectivity index (χ0n) is 18.9. The zero-order valence-corrected chi connectivity index (χ0v) is 19.6. The first-order chi connectivity index (χ1) is 16.3. The van der Waals surface area contributed by atoms with Crippen LogP contribution >= 0.6 is 11.6 Å². The summed E-state index contributed by atoms with van der Waals surface area (Å²) in [4.78, 5) is 28.6. The van der Waals surface area contributed by atoms with E-state index in [2.05, 4.69) is 0 Å². The number of nitrogens with zero attached hydrogens (tertiary/aromatic N) is 3. The van der Waals surface area contributed by atoms with Crippen LogP contribution in [0.1, 0.15) is 23.0 Å². The van der Waals surface area contributed by atoms with Crippen molar-refractivity contribution in [2.45, 2.75) is 13.8 Å². The maximum atomic E-state index is 14.8. The molecule has 6 nitrogen and oxygen atoms in total. The second-order valence-corrected chi connectivity index (χ2v) is 8.38. The molecule has 9 heteroatoms. The number of halogens is 3. The van der Waals surface area contributed by atoms with Gasteiger partial charge in [0.15, 0.2) is 0 Å². The van der Waals surface area contributed by atoms with Crippen molar-refractivity contribution in [1.29, 1.82) is 0 Å². The number of benzene rings is 2. The normalized spacial score (nSPS) is 13.8. The second kappa shape index (κ2) is 9.85. The Morgan fingerprint density at radius 3 is 2.24 bits per heavy atom. The molecule has 0 N–H and O–H groups in total. The number of ether oxygens (including phenoxy) is 1. The molecule has 4 rings (SSSR count). The van der Waals surface area contributed by atoms with Crippen molar-refractivity contribution in [3.05, 3.63) is 76.4 Å². The van der Waals surface area contributed by atoms with Crippen molar-refractivity contribution in [1.82, 2.24) is 14.4 Å². The summed E-state index contributed by atoms with van der Waals surface area (Å²) in [5, 5.41) is 0.544. The van der Waals surface area contributed by atoms with Crippen LogP contribution in [0.15, 0.2) is 48.5 Å². The van der Waals surface area contributed by atoms with Crippen LogP contribution in [-0.4, -0.2) is 59.2 Å². The van der Waals surface area contributed by atoms with Crippen LogP contribution in [0.5, 0.6) is 0 Å². The average Bonchev–Trinajstić information content (AvgIpc) is 3.16. The molecule has 0 radical (unpaired) electrons. The van der Waals surface area contributed by atoms with Gasteiger partial charge in [0.2, 0.25) is 0 Å². The number of hydrogen-bond acceptors (Lipinski definition) is 3. The topological polar surface area (TPSA) is 54.8 Å². The largest absolute Gasteiger partial charge is 0.450 e. The van der Waals surface area contributed by atoms with Gasteiger partial charge in [-0.25, -0.2) is 13.6 Å². The molecule has 0 unspecified atom stereocenters.